The molecule has 0 amide bonds. The van der Waals surface area contributed by atoms with E-state index in [1.807, 2.05) is 60.7 Å². The van der Waals surface area contributed by atoms with Crippen molar-refractivity contribution in [1.29, 1.82) is 5.26 Å². The highest BCUT2D eigenvalue weighted by molar-refractivity contribution is 7.98. The van der Waals surface area contributed by atoms with Crippen molar-refractivity contribution in [3.05, 3.63) is 101 Å². The number of benzene rings is 3. The molecule has 1 aliphatic rings. The topological polar surface area (TPSA) is 116 Å². The molecule has 0 saturated carbocycles. The van der Waals surface area contributed by atoms with Gasteiger partial charge in [-0.2, -0.15) is 30.8 Å². The third-order valence-corrected chi connectivity index (χ3v) is 7.90. The lowest BCUT2D eigenvalue weighted by molar-refractivity contribution is -0.151. The normalized spacial score (nSPS) is 12.9. The molecule has 4 aromatic rings. The number of rotatable bonds is 15. The largest absolute Gasteiger partial charge is 0.485 e. The summed E-state index contributed by atoms with van der Waals surface area (Å²) in [6.45, 7) is 3.18. The molecule has 0 radical (unpaired) electrons. The van der Waals surface area contributed by atoms with E-state index in [9.17, 15) is 10.1 Å². The van der Waals surface area contributed by atoms with Gasteiger partial charge >= 0.3 is 5.97 Å². The number of likely N-dealkylation sites (N-methyl/N-ethyl adjacent to an activating group) is 1. The molecule has 1 aromatic heterocycles. The molecule has 0 N–H and O–H groups in total. The van der Waals surface area contributed by atoms with Gasteiger partial charge in [0.05, 0.1) is 24.8 Å². The standard InChI is InChI=1S/C36H34F2N4O6S/c1-4-44-36(43)28(15-18-49-3)47-32-30(37)34(46-26-12-8-11-25(20-26)33-40-16-17-42(33)2)41-35(31(32)38)48-29-19-24(21-39)13-14-27(29)45-22-23-9-6-5-7-10-23/h5-14,19-20,28H,4,15-18,22H2,1-3H3. The van der Waals surface area contributed by atoms with E-state index in [1.165, 1.54) is 30.0 Å². The zero-order valence-electron chi connectivity index (χ0n) is 27.2. The number of amidine groups is 1. The lowest BCUT2D eigenvalue weighted by atomic mass is 10.2. The number of aromatic nitrogens is 1. The van der Waals surface area contributed by atoms with Gasteiger partial charge in [-0.15, -0.1) is 0 Å². The number of ether oxygens (including phenoxy) is 5. The Bertz CT molecular complexity index is 1850. The molecule has 1 unspecified atom stereocenters. The molecule has 3 aromatic carbocycles. The molecule has 1 aliphatic heterocycles. The van der Waals surface area contributed by atoms with E-state index in [1.54, 1.807) is 25.1 Å². The van der Waals surface area contributed by atoms with Crippen molar-refractivity contribution < 1.29 is 37.3 Å². The number of nitriles is 1. The molecular weight excluding hydrogens is 654 g/mol. The van der Waals surface area contributed by atoms with Crippen LogP contribution in [0.3, 0.4) is 0 Å². The summed E-state index contributed by atoms with van der Waals surface area (Å²) in [7, 11) is 1.91. The highest BCUT2D eigenvalue weighted by atomic mass is 32.2. The monoisotopic (exact) mass is 688 g/mol. The van der Waals surface area contributed by atoms with Crippen molar-refractivity contribution in [2.75, 3.05) is 38.8 Å². The Balaban J connectivity index is 1.56. The smallest absolute Gasteiger partial charge is 0.347 e. The molecule has 0 fully saturated rings. The van der Waals surface area contributed by atoms with Gasteiger partial charge in [-0.25, -0.2) is 4.79 Å². The average molecular weight is 689 g/mol. The minimum atomic E-state index is -1.34. The second-order valence-corrected chi connectivity index (χ2v) is 11.7. The van der Waals surface area contributed by atoms with Gasteiger partial charge < -0.3 is 28.6 Å². The first-order chi connectivity index (χ1) is 23.8. The van der Waals surface area contributed by atoms with E-state index in [-0.39, 0.29) is 42.4 Å². The van der Waals surface area contributed by atoms with Crippen LogP contribution in [0.1, 0.15) is 30.0 Å². The van der Waals surface area contributed by atoms with E-state index in [2.05, 4.69) is 9.98 Å². The highest BCUT2D eigenvalue weighted by Gasteiger charge is 2.31. The zero-order valence-corrected chi connectivity index (χ0v) is 28.0. The van der Waals surface area contributed by atoms with Gasteiger partial charge in [-0.1, -0.05) is 42.5 Å². The maximum atomic E-state index is 16.3. The lowest BCUT2D eigenvalue weighted by Gasteiger charge is -2.20. The number of nitrogens with zero attached hydrogens (tertiary/aromatic N) is 4. The first-order valence-corrected chi connectivity index (χ1v) is 16.8. The summed E-state index contributed by atoms with van der Waals surface area (Å²) >= 11 is 1.42. The highest BCUT2D eigenvalue weighted by Crippen LogP contribution is 2.41. The summed E-state index contributed by atoms with van der Waals surface area (Å²) in [5, 5.41) is 9.57. The predicted molar refractivity (Wildman–Crippen MR) is 181 cm³/mol. The molecule has 49 heavy (non-hydrogen) atoms. The summed E-state index contributed by atoms with van der Waals surface area (Å²) in [5.74, 6) is -4.34. The van der Waals surface area contributed by atoms with Gasteiger partial charge in [0.15, 0.2) is 17.6 Å². The first-order valence-electron chi connectivity index (χ1n) is 15.4. The number of halogens is 2. The van der Waals surface area contributed by atoms with Crippen molar-refractivity contribution in [3.63, 3.8) is 0 Å². The Hall–Kier alpha value is -5.35. The number of thioether (sulfide) groups is 1. The predicted octanol–water partition coefficient (Wildman–Crippen LogP) is 7.15. The van der Waals surface area contributed by atoms with Crippen LogP contribution in [-0.2, 0) is 16.1 Å². The summed E-state index contributed by atoms with van der Waals surface area (Å²) in [6, 6.07) is 22.4. The molecule has 10 nitrogen and oxygen atoms in total. The minimum Gasteiger partial charge on any atom is -0.485 e. The summed E-state index contributed by atoms with van der Waals surface area (Å²) < 4.78 is 61.0. The average Bonchev–Trinajstić information content (AvgIpc) is 3.55. The minimum absolute atomic E-state index is 0.0415. The second kappa shape index (κ2) is 16.7. The Morgan fingerprint density at radius 2 is 1.80 bits per heavy atom. The van der Waals surface area contributed by atoms with Crippen LogP contribution in [0.25, 0.3) is 0 Å². The van der Waals surface area contributed by atoms with Gasteiger partial charge in [0.1, 0.15) is 18.2 Å². The van der Waals surface area contributed by atoms with E-state index in [4.69, 9.17) is 23.7 Å². The molecule has 0 spiro atoms. The Morgan fingerprint density at radius 1 is 1.02 bits per heavy atom. The van der Waals surface area contributed by atoms with Crippen LogP contribution >= 0.6 is 11.8 Å². The van der Waals surface area contributed by atoms with Gasteiger partial charge in [-0.05, 0) is 48.8 Å². The summed E-state index contributed by atoms with van der Waals surface area (Å²) in [6.07, 6.45) is 0.585. The number of aliphatic imine (C=N–C) groups is 1. The Kier molecular flexibility index (Phi) is 11.9. The van der Waals surface area contributed by atoms with Crippen LogP contribution in [0, 0.1) is 23.0 Å². The van der Waals surface area contributed by atoms with Crippen LogP contribution in [0.15, 0.2) is 77.8 Å². The Labute approximate surface area is 287 Å². The molecule has 2 heterocycles. The SMILES string of the molecule is CCOC(=O)C(CCSC)Oc1c(F)c(Oc2cccc(C3=NCCN3C)c2)nc(Oc2cc(C#N)ccc2OCc2ccccc2)c1F. The molecule has 0 bridgehead atoms. The van der Waals surface area contributed by atoms with E-state index in [0.29, 0.717) is 12.3 Å². The van der Waals surface area contributed by atoms with Crippen LogP contribution in [-0.4, -0.2) is 66.5 Å². The molecule has 1 atom stereocenters. The third-order valence-electron chi connectivity index (χ3n) is 7.25. The fourth-order valence-electron chi connectivity index (χ4n) is 4.82. The lowest BCUT2D eigenvalue weighted by Crippen LogP contribution is -2.31. The number of hydrogen-bond donors (Lipinski definition) is 0. The van der Waals surface area contributed by atoms with E-state index in [0.717, 1.165) is 23.5 Å². The van der Waals surface area contributed by atoms with E-state index < -0.39 is 41.2 Å². The maximum Gasteiger partial charge on any atom is 0.347 e. The van der Waals surface area contributed by atoms with Crippen molar-refractivity contribution in [3.8, 4) is 40.8 Å². The van der Waals surface area contributed by atoms with Crippen LogP contribution in [0.4, 0.5) is 8.78 Å². The van der Waals surface area contributed by atoms with Gasteiger partial charge in [-0.3, -0.25) is 4.99 Å². The number of esters is 1. The van der Waals surface area contributed by atoms with Crippen LogP contribution < -0.4 is 18.9 Å². The van der Waals surface area contributed by atoms with Crippen molar-refractivity contribution in [1.82, 2.24) is 9.88 Å². The maximum absolute atomic E-state index is 16.3. The van der Waals surface area contributed by atoms with Gasteiger partial charge in [0.2, 0.25) is 17.4 Å². The fourth-order valence-corrected chi connectivity index (χ4v) is 5.27. The Morgan fingerprint density at radius 3 is 2.49 bits per heavy atom. The third kappa shape index (κ3) is 8.77. The molecular formula is C36H34F2N4O6S. The second-order valence-electron chi connectivity index (χ2n) is 10.7. The molecule has 5 rings (SSSR count). The number of hydrogen-bond acceptors (Lipinski definition) is 11. The van der Waals surface area contributed by atoms with Crippen molar-refractivity contribution in [2.24, 2.45) is 4.99 Å². The van der Waals surface area contributed by atoms with Crippen LogP contribution in [0.5, 0.6) is 34.8 Å². The van der Waals surface area contributed by atoms with E-state index >= 15 is 8.78 Å². The van der Waals surface area contributed by atoms with Crippen molar-refractivity contribution >= 4 is 23.6 Å². The summed E-state index contributed by atoms with van der Waals surface area (Å²) in [5.41, 5.74) is 1.76. The molecule has 0 saturated heterocycles. The number of carbonyl (C=O) groups excluding carboxylic acids is 1. The first kappa shape index (κ1) is 35.0. The van der Waals surface area contributed by atoms with Gasteiger partial charge in [0, 0.05) is 31.6 Å². The molecule has 13 heteroatoms. The zero-order chi connectivity index (χ0) is 34.8. The van der Waals surface area contributed by atoms with Gasteiger partial charge in [0.25, 0.3) is 11.8 Å². The van der Waals surface area contributed by atoms with Crippen molar-refractivity contribution in [2.45, 2.75) is 26.1 Å². The van der Waals surface area contributed by atoms with Crippen LogP contribution in [0.2, 0.25) is 0 Å². The molecule has 254 valence electrons. The number of carbonyl (C=O) groups is 1. The fraction of sp³-hybridized carbons (Fsp3) is 0.278. The summed E-state index contributed by atoms with van der Waals surface area (Å²) in [4.78, 5) is 23.3. The quantitative estimate of drug-likeness (QED) is 0.119. The number of pyridine rings is 1. The molecule has 0 aliphatic carbocycles.